The summed E-state index contributed by atoms with van der Waals surface area (Å²) in [4.78, 5) is -0.0140. The minimum absolute atomic E-state index is 0.0140. The van der Waals surface area contributed by atoms with Crippen LogP contribution in [-0.2, 0) is 10.0 Å². The summed E-state index contributed by atoms with van der Waals surface area (Å²) < 4.78 is 40.4. The van der Waals surface area contributed by atoms with Gasteiger partial charge in [-0.15, -0.1) is 0 Å². The summed E-state index contributed by atoms with van der Waals surface area (Å²) >= 11 is 0. The minimum atomic E-state index is -3.65. The lowest BCUT2D eigenvalue weighted by Gasteiger charge is -2.16. The summed E-state index contributed by atoms with van der Waals surface area (Å²) in [5.74, 6) is -0.498. The molecule has 4 nitrogen and oxygen atoms in total. The van der Waals surface area contributed by atoms with Crippen molar-refractivity contribution in [2.24, 2.45) is 0 Å². The number of rotatable bonds is 3. The minimum Gasteiger partial charge on any atom is -0.315 e. The maximum absolute atomic E-state index is 13.4. The van der Waals surface area contributed by atoms with Crippen LogP contribution < -0.4 is 10.0 Å². The molecule has 2 rings (SSSR count). The number of aryl methyl sites for hydroxylation is 1. The Morgan fingerprint density at radius 3 is 2.89 bits per heavy atom. The molecule has 1 aliphatic heterocycles. The van der Waals surface area contributed by atoms with Gasteiger partial charge in [0.25, 0.3) is 0 Å². The molecule has 1 saturated heterocycles. The van der Waals surface area contributed by atoms with E-state index in [0.29, 0.717) is 12.1 Å². The number of hydrogen-bond donors (Lipinski definition) is 2. The van der Waals surface area contributed by atoms with E-state index in [4.69, 9.17) is 0 Å². The van der Waals surface area contributed by atoms with Gasteiger partial charge in [-0.1, -0.05) is 12.5 Å². The molecule has 6 heteroatoms. The second kappa shape index (κ2) is 5.98. The normalized spacial score (nSPS) is 21.1. The van der Waals surface area contributed by atoms with Gasteiger partial charge in [-0.25, -0.2) is 17.5 Å². The number of sulfonamides is 1. The van der Waals surface area contributed by atoms with E-state index in [1.54, 1.807) is 6.92 Å². The predicted molar refractivity (Wildman–Crippen MR) is 72.0 cm³/mol. The Balaban J connectivity index is 2.14. The fraction of sp³-hybridized carbons (Fsp3) is 0.538. The zero-order valence-corrected chi connectivity index (χ0v) is 11.8. The van der Waals surface area contributed by atoms with Crippen LogP contribution in [-0.4, -0.2) is 27.5 Å². The van der Waals surface area contributed by atoms with Gasteiger partial charge < -0.3 is 5.32 Å². The van der Waals surface area contributed by atoms with Gasteiger partial charge in [-0.05, 0) is 44.0 Å². The van der Waals surface area contributed by atoms with Crippen molar-refractivity contribution in [1.82, 2.24) is 10.0 Å². The maximum atomic E-state index is 13.4. The van der Waals surface area contributed by atoms with Gasteiger partial charge in [0.1, 0.15) is 5.82 Å². The van der Waals surface area contributed by atoms with Gasteiger partial charge >= 0.3 is 0 Å². The van der Waals surface area contributed by atoms with Gasteiger partial charge in [0.2, 0.25) is 10.0 Å². The molecule has 0 aliphatic carbocycles. The van der Waals surface area contributed by atoms with E-state index in [2.05, 4.69) is 10.0 Å². The van der Waals surface area contributed by atoms with Crippen LogP contribution in [0, 0.1) is 12.7 Å². The molecule has 1 unspecified atom stereocenters. The molecule has 106 valence electrons. The highest BCUT2D eigenvalue weighted by Gasteiger charge is 2.21. The summed E-state index contributed by atoms with van der Waals surface area (Å²) in [5.41, 5.74) is 0.440. The molecule has 0 spiro atoms. The Hall–Kier alpha value is -0.980. The third kappa shape index (κ3) is 3.75. The maximum Gasteiger partial charge on any atom is 0.240 e. The average Bonchev–Trinajstić information content (AvgIpc) is 2.60. The van der Waals surface area contributed by atoms with Crippen molar-refractivity contribution >= 4 is 10.0 Å². The van der Waals surface area contributed by atoms with Gasteiger partial charge in [0.05, 0.1) is 4.90 Å². The number of halogens is 1. The molecule has 2 N–H and O–H groups in total. The van der Waals surface area contributed by atoms with Crippen LogP contribution in [0.3, 0.4) is 0 Å². The van der Waals surface area contributed by atoms with Gasteiger partial charge in [-0.3, -0.25) is 0 Å². The molecular weight excluding hydrogens is 267 g/mol. The third-order valence-electron chi connectivity index (χ3n) is 3.32. The molecule has 1 heterocycles. The lowest BCUT2D eigenvalue weighted by atomic mass is 10.2. The van der Waals surface area contributed by atoms with Gasteiger partial charge in [0, 0.05) is 12.6 Å². The highest BCUT2D eigenvalue weighted by atomic mass is 32.2. The zero-order chi connectivity index (χ0) is 13.9. The number of nitrogens with one attached hydrogen (secondary N) is 2. The van der Waals surface area contributed by atoms with E-state index in [9.17, 15) is 12.8 Å². The average molecular weight is 286 g/mol. The predicted octanol–water partition coefficient (Wildman–Crippen LogP) is 1.55. The number of benzene rings is 1. The Morgan fingerprint density at radius 1 is 1.37 bits per heavy atom. The second-order valence-corrected chi connectivity index (χ2v) is 6.64. The van der Waals surface area contributed by atoms with Crippen LogP contribution in [0.5, 0.6) is 0 Å². The first kappa shape index (κ1) is 14.4. The molecule has 1 fully saturated rings. The molecule has 1 aromatic carbocycles. The van der Waals surface area contributed by atoms with Crippen molar-refractivity contribution in [3.63, 3.8) is 0 Å². The van der Waals surface area contributed by atoms with Gasteiger partial charge in [-0.2, -0.15) is 0 Å². The van der Waals surface area contributed by atoms with E-state index >= 15 is 0 Å². The van der Waals surface area contributed by atoms with Crippen LogP contribution in [0.15, 0.2) is 23.1 Å². The van der Waals surface area contributed by atoms with Crippen molar-refractivity contribution in [3.8, 4) is 0 Å². The standard InChI is InChI=1S/C13H19FN2O2S/c1-10-5-6-12(8-13(10)14)19(17,18)16-11-4-2-3-7-15-9-11/h5-6,8,11,15-16H,2-4,7,9H2,1H3. The monoisotopic (exact) mass is 286 g/mol. The Labute approximate surface area is 113 Å². The molecule has 0 amide bonds. The Kier molecular flexibility index (Phi) is 4.54. The first-order valence-corrected chi connectivity index (χ1v) is 7.96. The lowest BCUT2D eigenvalue weighted by molar-refractivity contribution is 0.520. The third-order valence-corrected chi connectivity index (χ3v) is 4.84. The molecule has 0 saturated carbocycles. The van der Waals surface area contributed by atoms with E-state index in [1.807, 2.05) is 0 Å². The van der Waals surface area contributed by atoms with Crippen LogP contribution in [0.4, 0.5) is 4.39 Å². The fourth-order valence-electron chi connectivity index (χ4n) is 2.15. The van der Waals surface area contributed by atoms with Crippen LogP contribution >= 0.6 is 0 Å². The number of hydrogen-bond acceptors (Lipinski definition) is 3. The second-order valence-electron chi connectivity index (χ2n) is 4.93. The summed E-state index contributed by atoms with van der Waals surface area (Å²) in [6.45, 7) is 3.14. The Morgan fingerprint density at radius 2 is 2.16 bits per heavy atom. The van der Waals surface area contributed by atoms with E-state index < -0.39 is 15.8 Å². The first-order chi connectivity index (χ1) is 8.99. The molecule has 19 heavy (non-hydrogen) atoms. The lowest BCUT2D eigenvalue weighted by Crippen LogP contribution is -2.40. The van der Waals surface area contributed by atoms with Crippen LogP contribution in [0.1, 0.15) is 24.8 Å². The Bertz CT molecular complexity index is 538. The van der Waals surface area contributed by atoms with Gasteiger partial charge in [0.15, 0.2) is 0 Å². The highest BCUT2D eigenvalue weighted by molar-refractivity contribution is 7.89. The fourth-order valence-corrected chi connectivity index (χ4v) is 3.43. The highest BCUT2D eigenvalue weighted by Crippen LogP contribution is 2.15. The molecule has 1 aromatic rings. The molecule has 0 radical (unpaired) electrons. The molecular formula is C13H19FN2O2S. The summed E-state index contributed by atoms with van der Waals surface area (Å²) in [6.07, 6.45) is 2.85. The van der Waals surface area contributed by atoms with Crippen LogP contribution in [0.2, 0.25) is 0 Å². The topological polar surface area (TPSA) is 58.2 Å². The van der Waals surface area contributed by atoms with Crippen LogP contribution in [0.25, 0.3) is 0 Å². The largest absolute Gasteiger partial charge is 0.315 e. The summed E-state index contributed by atoms with van der Waals surface area (Å²) in [7, 11) is -3.65. The SMILES string of the molecule is Cc1ccc(S(=O)(=O)NC2CCCCNC2)cc1F. The molecule has 0 bridgehead atoms. The van der Waals surface area contributed by atoms with Crippen molar-refractivity contribution in [3.05, 3.63) is 29.6 Å². The first-order valence-electron chi connectivity index (χ1n) is 6.48. The van der Waals surface area contributed by atoms with Crippen molar-refractivity contribution in [2.75, 3.05) is 13.1 Å². The van der Waals surface area contributed by atoms with Crippen molar-refractivity contribution < 1.29 is 12.8 Å². The van der Waals surface area contributed by atoms with Crippen molar-refractivity contribution in [1.29, 1.82) is 0 Å². The summed E-state index contributed by atoms with van der Waals surface area (Å²) in [6, 6.07) is 3.86. The van der Waals surface area contributed by atoms with E-state index in [-0.39, 0.29) is 10.9 Å². The molecule has 0 aromatic heterocycles. The van der Waals surface area contributed by atoms with Crippen molar-refractivity contribution in [2.45, 2.75) is 37.1 Å². The quantitative estimate of drug-likeness (QED) is 0.886. The van der Waals surface area contributed by atoms with E-state index in [1.165, 1.54) is 12.1 Å². The summed E-state index contributed by atoms with van der Waals surface area (Å²) in [5, 5.41) is 3.19. The van der Waals surface area contributed by atoms with E-state index in [0.717, 1.165) is 31.9 Å². The molecule has 1 atom stereocenters. The smallest absolute Gasteiger partial charge is 0.240 e. The molecule has 1 aliphatic rings. The zero-order valence-electron chi connectivity index (χ0n) is 10.9.